The summed E-state index contributed by atoms with van der Waals surface area (Å²) in [5.74, 6) is -0.937. The van der Waals surface area contributed by atoms with Gasteiger partial charge in [0.25, 0.3) is 0 Å². The van der Waals surface area contributed by atoms with E-state index in [1.165, 1.54) is 17.4 Å². The summed E-state index contributed by atoms with van der Waals surface area (Å²) in [6, 6.07) is 12.7. The van der Waals surface area contributed by atoms with Gasteiger partial charge in [0.2, 0.25) is 5.88 Å². The van der Waals surface area contributed by atoms with Gasteiger partial charge in [0.05, 0.1) is 27.5 Å². The van der Waals surface area contributed by atoms with E-state index in [0.717, 1.165) is 54.0 Å². The average Bonchev–Trinajstić information content (AvgIpc) is 3.55. The molecule has 0 unspecified atom stereocenters. The number of rotatable bonds is 5. The fourth-order valence-corrected chi connectivity index (χ4v) is 5.25. The highest BCUT2D eigenvalue weighted by Gasteiger charge is 2.34. The summed E-state index contributed by atoms with van der Waals surface area (Å²) in [6.07, 6.45) is -0.838. The largest absolute Gasteiger partial charge is 0.472 e. The molecule has 1 aliphatic rings. The zero-order chi connectivity index (χ0) is 25.0. The molecule has 3 heterocycles. The maximum atomic E-state index is 13.9. The summed E-state index contributed by atoms with van der Waals surface area (Å²) in [6.45, 7) is 6.09. The van der Waals surface area contributed by atoms with Gasteiger partial charge in [0, 0.05) is 24.0 Å². The molecule has 0 saturated carbocycles. The molecule has 0 amide bonds. The highest BCUT2D eigenvalue weighted by atomic mass is 32.1. The Hall–Kier alpha value is -3.13. The number of nitrogens with zero attached hydrogens (tertiary/aromatic N) is 2. The Morgan fingerprint density at radius 1 is 1.03 bits per heavy atom. The van der Waals surface area contributed by atoms with Crippen LogP contribution in [0.3, 0.4) is 0 Å². The van der Waals surface area contributed by atoms with E-state index in [1.807, 2.05) is 44.2 Å². The maximum Gasteiger partial charge on any atom is 0.419 e. The fraction of sp³-hybridized carbons (Fsp3) is 0.296. The van der Waals surface area contributed by atoms with Gasteiger partial charge in [0.15, 0.2) is 0 Å². The number of hydrogen-bond donors (Lipinski definition) is 0. The third-order valence-electron chi connectivity index (χ3n) is 5.79. The zero-order valence-electron chi connectivity index (χ0n) is 19.5. The first-order valence-corrected chi connectivity index (χ1v) is 12.5. The lowest BCUT2D eigenvalue weighted by atomic mass is 10.0. The summed E-state index contributed by atoms with van der Waals surface area (Å²) in [4.78, 5) is 6.80. The molecule has 1 aliphatic heterocycles. The van der Waals surface area contributed by atoms with E-state index >= 15 is 0 Å². The Bertz CT molecular complexity index is 1280. The first-order chi connectivity index (χ1) is 16.9. The zero-order valence-corrected chi connectivity index (χ0v) is 20.3. The summed E-state index contributed by atoms with van der Waals surface area (Å²) < 4.78 is 60.9. The Kier molecular flexibility index (Phi) is 7.60. The van der Waals surface area contributed by atoms with Crippen molar-refractivity contribution in [3.05, 3.63) is 77.1 Å². The molecule has 3 nitrogen and oxygen atoms in total. The van der Waals surface area contributed by atoms with Crippen molar-refractivity contribution >= 4 is 27.1 Å². The van der Waals surface area contributed by atoms with Crippen LogP contribution in [0.5, 0.6) is 5.88 Å². The molecular weight excluding hydrogens is 476 g/mol. The molecule has 1 saturated heterocycles. The van der Waals surface area contributed by atoms with Gasteiger partial charge in [-0.15, -0.1) is 11.3 Å². The molecule has 0 atom stereocenters. The molecule has 1 fully saturated rings. The van der Waals surface area contributed by atoms with Crippen molar-refractivity contribution < 1.29 is 22.3 Å². The van der Waals surface area contributed by atoms with Gasteiger partial charge >= 0.3 is 6.18 Å². The normalized spacial score (nSPS) is 13.6. The molecule has 0 radical (unpaired) electrons. The number of pyridine rings is 1. The molecule has 8 heteroatoms. The number of alkyl halides is 3. The van der Waals surface area contributed by atoms with Crippen molar-refractivity contribution in [2.45, 2.75) is 39.5 Å². The SMILES string of the molecule is CC.Fc1ccc(-c2csc3c(N4CCCC4)cnc(OCc4ccccc4)c23)cc1C(F)(F)F. The van der Waals surface area contributed by atoms with Crippen molar-refractivity contribution in [2.24, 2.45) is 0 Å². The third kappa shape index (κ3) is 5.27. The Labute approximate surface area is 206 Å². The first-order valence-electron chi connectivity index (χ1n) is 11.6. The topological polar surface area (TPSA) is 25.4 Å². The summed E-state index contributed by atoms with van der Waals surface area (Å²) >= 11 is 1.44. The minimum absolute atomic E-state index is 0.276. The van der Waals surface area contributed by atoms with Crippen LogP contribution >= 0.6 is 11.3 Å². The summed E-state index contributed by atoms with van der Waals surface area (Å²) in [5, 5.41) is 2.45. The van der Waals surface area contributed by atoms with Crippen molar-refractivity contribution in [3.8, 4) is 17.0 Å². The minimum atomic E-state index is -4.78. The van der Waals surface area contributed by atoms with E-state index in [2.05, 4.69) is 9.88 Å². The van der Waals surface area contributed by atoms with Crippen LogP contribution in [0.15, 0.2) is 60.1 Å². The molecule has 0 N–H and O–H groups in total. The number of anilines is 1. The van der Waals surface area contributed by atoms with E-state index in [4.69, 9.17) is 4.74 Å². The van der Waals surface area contributed by atoms with Crippen LogP contribution < -0.4 is 9.64 Å². The monoisotopic (exact) mass is 502 g/mol. The molecule has 2 aromatic heterocycles. The molecule has 0 spiro atoms. The summed E-state index contributed by atoms with van der Waals surface area (Å²) in [7, 11) is 0. The minimum Gasteiger partial charge on any atom is -0.472 e. The van der Waals surface area contributed by atoms with Crippen molar-refractivity contribution in [1.29, 1.82) is 0 Å². The van der Waals surface area contributed by atoms with Crippen LogP contribution in [0.25, 0.3) is 21.2 Å². The molecule has 2 aromatic carbocycles. The molecule has 4 aromatic rings. The number of benzene rings is 2. The number of halogens is 4. The number of hydrogen-bond acceptors (Lipinski definition) is 4. The van der Waals surface area contributed by atoms with Gasteiger partial charge in [-0.3, -0.25) is 0 Å². The number of aromatic nitrogens is 1. The van der Waals surface area contributed by atoms with Gasteiger partial charge in [-0.2, -0.15) is 13.2 Å². The van der Waals surface area contributed by atoms with Crippen LogP contribution in [0, 0.1) is 5.82 Å². The maximum absolute atomic E-state index is 13.9. The number of fused-ring (bicyclic) bond motifs is 1. The lowest BCUT2D eigenvalue weighted by Gasteiger charge is -2.19. The Morgan fingerprint density at radius 2 is 1.74 bits per heavy atom. The first kappa shape index (κ1) is 25.0. The lowest BCUT2D eigenvalue weighted by molar-refractivity contribution is -0.139. The van der Waals surface area contributed by atoms with Crippen molar-refractivity contribution in [2.75, 3.05) is 18.0 Å². The lowest BCUT2D eigenvalue weighted by Crippen LogP contribution is -2.18. The highest BCUT2D eigenvalue weighted by Crippen LogP contribution is 2.45. The second kappa shape index (κ2) is 10.6. The Morgan fingerprint density at radius 3 is 2.43 bits per heavy atom. The van der Waals surface area contributed by atoms with Gasteiger partial charge in [-0.05, 0) is 36.1 Å². The molecule has 0 bridgehead atoms. The van der Waals surface area contributed by atoms with Gasteiger partial charge in [0.1, 0.15) is 12.4 Å². The van der Waals surface area contributed by atoms with Crippen molar-refractivity contribution in [3.63, 3.8) is 0 Å². The second-order valence-electron chi connectivity index (χ2n) is 7.96. The third-order valence-corrected chi connectivity index (χ3v) is 6.79. The second-order valence-corrected chi connectivity index (χ2v) is 8.84. The van der Waals surface area contributed by atoms with E-state index < -0.39 is 17.6 Å². The molecule has 0 aliphatic carbocycles. The van der Waals surface area contributed by atoms with E-state index in [9.17, 15) is 17.6 Å². The van der Waals surface area contributed by atoms with E-state index in [0.29, 0.717) is 16.8 Å². The number of thiophene rings is 1. The van der Waals surface area contributed by atoms with Crippen LogP contribution in [-0.4, -0.2) is 18.1 Å². The van der Waals surface area contributed by atoms with Gasteiger partial charge in [-0.1, -0.05) is 50.2 Å². The highest BCUT2D eigenvalue weighted by molar-refractivity contribution is 7.18. The molecule has 184 valence electrons. The Balaban J connectivity index is 0.00000141. The van der Waals surface area contributed by atoms with E-state index in [1.54, 1.807) is 11.6 Å². The predicted octanol–water partition coefficient (Wildman–Crippen LogP) is 8.33. The molecule has 5 rings (SSSR count). The fourth-order valence-electron chi connectivity index (χ4n) is 4.14. The summed E-state index contributed by atoms with van der Waals surface area (Å²) in [5.41, 5.74) is 1.45. The number of ether oxygens (including phenoxy) is 1. The molecule has 35 heavy (non-hydrogen) atoms. The van der Waals surface area contributed by atoms with Crippen LogP contribution in [-0.2, 0) is 12.8 Å². The smallest absolute Gasteiger partial charge is 0.419 e. The van der Waals surface area contributed by atoms with Crippen LogP contribution in [0.2, 0.25) is 0 Å². The van der Waals surface area contributed by atoms with Crippen LogP contribution in [0.1, 0.15) is 37.8 Å². The quantitative estimate of drug-likeness (QED) is 0.257. The van der Waals surface area contributed by atoms with Gasteiger partial charge < -0.3 is 9.64 Å². The van der Waals surface area contributed by atoms with Gasteiger partial charge in [-0.25, -0.2) is 9.37 Å². The van der Waals surface area contributed by atoms with Crippen LogP contribution in [0.4, 0.5) is 23.2 Å². The van der Waals surface area contributed by atoms with E-state index in [-0.39, 0.29) is 12.2 Å². The predicted molar refractivity (Wildman–Crippen MR) is 134 cm³/mol. The average molecular weight is 503 g/mol. The molecular formula is C27H26F4N2OS. The standard InChI is InChI=1S/C25H20F4N2OS.C2H6/c26-20-9-8-17(12-19(20)25(27,28)29)18-15-33-23-21(31-10-4-5-11-31)13-30-24(22(18)23)32-14-16-6-2-1-3-7-16;1-2/h1-3,6-9,12-13,15H,4-5,10-11,14H2;1-2H3. The van der Waals surface area contributed by atoms with Crippen molar-refractivity contribution in [1.82, 2.24) is 4.98 Å².